The Balaban J connectivity index is 2.33. The molecule has 1 rings (SSSR count). The lowest BCUT2D eigenvalue weighted by Gasteiger charge is -2.02. The van der Waals surface area contributed by atoms with E-state index in [0.717, 1.165) is 6.54 Å². The van der Waals surface area contributed by atoms with Crippen molar-refractivity contribution in [2.45, 2.75) is 13.8 Å². The third-order valence-corrected chi connectivity index (χ3v) is 2.61. The zero-order valence-electron chi connectivity index (χ0n) is 9.74. The van der Waals surface area contributed by atoms with Gasteiger partial charge in [0, 0.05) is 26.6 Å². The standard InChI is InChI=1S/C9H15N5O2S/c1-3-10-9-14-13-8(17-9)7(16)12-5-4-11-6(2)15/h3-5H2,1-2H3,(H,10,14)(H,11,15)(H,12,16). The molecule has 0 aliphatic carbocycles. The van der Waals surface area contributed by atoms with Crippen LogP contribution < -0.4 is 16.0 Å². The van der Waals surface area contributed by atoms with Crippen molar-refractivity contribution in [1.29, 1.82) is 0 Å². The van der Waals surface area contributed by atoms with Gasteiger partial charge in [-0.05, 0) is 6.92 Å². The molecule has 94 valence electrons. The van der Waals surface area contributed by atoms with Crippen LogP contribution in [0.15, 0.2) is 0 Å². The summed E-state index contributed by atoms with van der Waals surface area (Å²) in [7, 11) is 0. The molecule has 1 aromatic rings. The molecule has 0 saturated carbocycles. The summed E-state index contributed by atoms with van der Waals surface area (Å²) in [5, 5.41) is 16.7. The third kappa shape index (κ3) is 4.77. The number of aromatic nitrogens is 2. The maximum Gasteiger partial charge on any atom is 0.282 e. The molecule has 17 heavy (non-hydrogen) atoms. The molecule has 0 saturated heterocycles. The van der Waals surface area contributed by atoms with Gasteiger partial charge in [-0.2, -0.15) is 0 Å². The number of amides is 2. The fraction of sp³-hybridized carbons (Fsp3) is 0.556. The minimum atomic E-state index is -0.281. The van der Waals surface area contributed by atoms with Crippen LogP contribution in [0.25, 0.3) is 0 Å². The normalized spacial score (nSPS) is 9.76. The predicted molar refractivity (Wildman–Crippen MR) is 65.1 cm³/mol. The molecule has 0 bridgehead atoms. The fourth-order valence-corrected chi connectivity index (χ4v) is 1.76. The zero-order valence-corrected chi connectivity index (χ0v) is 10.6. The molecule has 0 atom stereocenters. The Kier molecular flexibility index (Phi) is 5.34. The van der Waals surface area contributed by atoms with E-state index in [0.29, 0.717) is 23.2 Å². The monoisotopic (exact) mass is 257 g/mol. The first-order valence-electron chi connectivity index (χ1n) is 5.23. The maximum atomic E-state index is 11.6. The first kappa shape index (κ1) is 13.4. The Morgan fingerprint density at radius 3 is 2.59 bits per heavy atom. The van der Waals surface area contributed by atoms with Gasteiger partial charge >= 0.3 is 0 Å². The van der Waals surface area contributed by atoms with E-state index in [1.54, 1.807) is 0 Å². The summed E-state index contributed by atoms with van der Waals surface area (Å²) in [5.41, 5.74) is 0. The summed E-state index contributed by atoms with van der Waals surface area (Å²) >= 11 is 1.20. The van der Waals surface area contributed by atoms with Gasteiger partial charge in [0.05, 0.1) is 0 Å². The smallest absolute Gasteiger partial charge is 0.282 e. The van der Waals surface area contributed by atoms with Crippen LogP contribution in [0.4, 0.5) is 5.13 Å². The summed E-state index contributed by atoms with van der Waals surface area (Å²) < 4.78 is 0. The molecule has 1 heterocycles. The van der Waals surface area contributed by atoms with E-state index in [1.165, 1.54) is 18.3 Å². The Bertz CT molecular complexity index is 392. The minimum Gasteiger partial charge on any atom is -0.360 e. The molecule has 0 aromatic carbocycles. The average Bonchev–Trinajstić information content (AvgIpc) is 2.73. The number of anilines is 1. The molecule has 1 aromatic heterocycles. The largest absolute Gasteiger partial charge is 0.360 e. The van der Waals surface area contributed by atoms with Crippen LogP contribution in [0.5, 0.6) is 0 Å². The lowest BCUT2D eigenvalue weighted by Crippen LogP contribution is -2.33. The Morgan fingerprint density at radius 1 is 1.24 bits per heavy atom. The van der Waals surface area contributed by atoms with Gasteiger partial charge in [-0.1, -0.05) is 11.3 Å². The van der Waals surface area contributed by atoms with Crippen molar-refractivity contribution in [1.82, 2.24) is 20.8 Å². The highest BCUT2D eigenvalue weighted by atomic mass is 32.1. The van der Waals surface area contributed by atoms with E-state index >= 15 is 0 Å². The van der Waals surface area contributed by atoms with Gasteiger partial charge in [-0.15, -0.1) is 10.2 Å². The number of rotatable bonds is 6. The molecule has 0 radical (unpaired) electrons. The van der Waals surface area contributed by atoms with Crippen LogP contribution in [0, 0.1) is 0 Å². The summed E-state index contributed by atoms with van der Waals surface area (Å²) in [4.78, 5) is 22.1. The fourth-order valence-electron chi connectivity index (χ4n) is 1.03. The van der Waals surface area contributed by atoms with E-state index in [2.05, 4.69) is 26.1 Å². The predicted octanol–water partition coefficient (Wildman–Crippen LogP) is -0.164. The van der Waals surface area contributed by atoms with Crippen LogP contribution in [-0.2, 0) is 4.79 Å². The SMILES string of the molecule is CCNc1nnc(C(=O)NCCNC(C)=O)s1. The molecule has 2 amide bonds. The van der Waals surface area contributed by atoms with Crippen molar-refractivity contribution >= 4 is 28.3 Å². The second-order valence-electron chi connectivity index (χ2n) is 3.18. The van der Waals surface area contributed by atoms with Gasteiger partial charge in [-0.25, -0.2) is 0 Å². The van der Waals surface area contributed by atoms with E-state index in [4.69, 9.17) is 0 Å². The first-order chi connectivity index (χ1) is 8.13. The van der Waals surface area contributed by atoms with Crippen molar-refractivity contribution in [3.63, 3.8) is 0 Å². The highest BCUT2D eigenvalue weighted by Crippen LogP contribution is 2.14. The van der Waals surface area contributed by atoms with Gasteiger partial charge < -0.3 is 16.0 Å². The number of carbonyl (C=O) groups is 2. The molecule has 0 aliphatic heterocycles. The van der Waals surface area contributed by atoms with Crippen molar-refractivity contribution in [2.75, 3.05) is 25.0 Å². The van der Waals surface area contributed by atoms with Crippen LogP contribution in [-0.4, -0.2) is 41.6 Å². The third-order valence-electron chi connectivity index (χ3n) is 1.73. The van der Waals surface area contributed by atoms with E-state index < -0.39 is 0 Å². The topological polar surface area (TPSA) is 96.0 Å². The number of nitrogens with zero attached hydrogens (tertiary/aromatic N) is 2. The summed E-state index contributed by atoms with van der Waals surface area (Å²) in [6.45, 7) is 4.87. The molecule has 0 unspecified atom stereocenters. The first-order valence-corrected chi connectivity index (χ1v) is 6.05. The summed E-state index contributed by atoms with van der Waals surface area (Å²) in [6.07, 6.45) is 0. The van der Waals surface area contributed by atoms with Crippen molar-refractivity contribution in [2.24, 2.45) is 0 Å². The molecule has 7 nitrogen and oxygen atoms in total. The molecule has 0 fully saturated rings. The summed E-state index contributed by atoms with van der Waals surface area (Å²) in [6, 6.07) is 0. The number of nitrogens with one attached hydrogen (secondary N) is 3. The van der Waals surface area contributed by atoms with Gasteiger partial charge in [0.1, 0.15) is 0 Å². The lowest BCUT2D eigenvalue weighted by atomic mass is 10.5. The highest BCUT2D eigenvalue weighted by molar-refractivity contribution is 7.17. The number of carbonyl (C=O) groups excluding carboxylic acids is 2. The zero-order chi connectivity index (χ0) is 12.7. The summed E-state index contributed by atoms with van der Waals surface area (Å²) in [5.74, 6) is -0.401. The molecule has 0 spiro atoms. The number of hydrogen-bond acceptors (Lipinski definition) is 6. The average molecular weight is 257 g/mol. The molecule has 3 N–H and O–H groups in total. The van der Waals surface area contributed by atoms with E-state index in [9.17, 15) is 9.59 Å². The number of hydrogen-bond donors (Lipinski definition) is 3. The second-order valence-corrected chi connectivity index (χ2v) is 4.16. The van der Waals surface area contributed by atoms with Crippen LogP contribution in [0.2, 0.25) is 0 Å². The molecule has 8 heteroatoms. The molecule has 0 aliphatic rings. The highest BCUT2D eigenvalue weighted by Gasteiger charge is 2.11. The van der Waals surface area contributed by atoms with Crippen LogP contribution in [0.1, 0.15) is 23.6 Å². The second kappa shape index (κ2) is 6.79. The van der Waals surface area contributed by atoms with Crippen molar-refractivity contribution in [3.05, 3.63) is 5.01 Å². The van der Waals surface area contributed by atoms with Crippen molar-refractivity contribution in [3.8, 4) is 0 Å². The van der Waals surface area contributed by atoms with Crippen molar-refractivity contribution < 1.29 is 9.59 Å². The minimum absolute atomic E-state index is 0.121. The van der Waals surface area contributed by atoms with Gasteiger partial charge in [0.25, 0.3) is 5.91 Å². The van der Waals surface area contributed by atoms with Crippen LogP contribution >= 0.6 is 11.3 Å². The Labute approximate surface area is 103 Å². The van der Waals surface area contributed by atoms with Gasteiger partial charge in [0.15, 0.2) is 0 Å². The maximum absolute atomic E-state index is 11.6. The molecular weight excluding hydrogens is 242 g/mol. The Morgan fingerprint density at radius 2 is 1.94 bits per heavy atom. The molecular formula is C9H15N5O2S. The van der Waals surface area contributed by atoms with Gasteiger partial charge in [-0.3, -0.25) is 9.59 Å². The van der Waals surface area contributed by atoms with Gasteiger partial charge in [0.2, 0.25) is 16.0 Å². The Hall–Kier alpha value is -1.70. The van der Waals surface area contributed by atoms with E-state index in [-0.39, 0.29) is 11.8 Å². The van der Waals surface area contributed by atoms with Crippen LogP contribution in [0.3, 0.4) is 0 Å². The lowest BCUT2D eigenvalue weighted by molar-refractivity contribution is -0.118. The van der Waals surface area contributed by atoms with E-state index in [1.807, 2.05) is 6.92 Å². The quantitative estimate of drug-likeness (QED) is 0.615.